The minimum absolute atomic E-state index is 0.0572. The highest BCUT2D eigenvalue weighted by molar-refractivity contribution is 7.86. The summed E-state index contributed by atoms with van der Waals surface area (Å²) >= 11 is 0. The van der Waals surface area contributed by atoms with Gasteiger partial charge in [-0.1, -0.05) is 24.3 Å². The number of nitrogens with two attached hydrogens (primary N) is 2. The Morgan fingerprint density at radius 2 is 1.15 bits per heavy atom. The average Bonchev–Trinajstić information content (AvgIpc) is 2.78. The lowest BCUT2D eigenvalue weighted by molar-refractivity contribution is 0.0687. The fourth-order valence-electron chi connectivity index (χ4n) is 2.76. The summed E-state index contributed by atoms with van der Waals surface area (Å²) in [6.45, 7) is 0. The number of azo groups is 2. The van der Waals surface area contributed by atoms with E-state index in [0.29, 0.717) is 0 Å². The zero-order valence-corrected chi connectivity index (χ0v) is 17.8. The van der Waals surface area contributed by atoms with Crippen molar-refractivity contribution in [1.82, 2.24) is 0 Å². The van der Waals surface area contributed by atoms with Gasteiger partial charge in [0.15, 0.2) is 0 Å². The third-order valence-electron chi connectivity index (χ3n) is 4.39. The van der Waals surface area contributed by atoms with Crippen LogP contribution in [0.4, 0.5) is 34.1 Å². The van der Waals surface area contributed by atoms with Crippen molar-refractivity contribution in [3.8, 4) is 0 Å². The van der Waals surface area contributed by atoms with Crippen molar-refractivity contribution in [3.05, 3.63) is 65.7 Å². The van der Waals surface area contributed by atoms with Gasteiger partial charge in [0.05, 0.1) is 22.5 Å². The first kappa shape index (κ1) is 24.0. The van der Waals surface area contributed by atoms with E-state index in [1.54, 1.807) is 0 Å². The van der Waals surface area contributed by atoms with E-state index in [2.05, 4.69) is 20.5 Å². The number of rotatable bonds is 7. The van der Waals surface area contributed by atoms with Gasteiger partial charge in [0.25, 0.3) is 10.1 Å². The third kappa shape index (κ3) is 5.03. The Bertz CT molecular complexity index is 1470. The van der Waals surface area contributed by atoms with Crippen molar-refractivity contribution in [2.75, 3.05) is 11.5 Å². The molecule has 3 rings (SSSR count). The van der Waals surface area contributed by atoms with Gasteiger partial charge < -0.3 is 21.7 Å². The molecule has 0 heterocycles. The number of nitrogens with zero attached hydrogens (tertiary/aromatic N) is 4. The number of benzene rings is 3. The van der Waals surface area contributed by atoms with E-state index in [1.807, 2.05) is 0 Å². The maximum absolute atomic E-state index is 11.8. The van der Waals surface area contributed by atoms with E-state index in [9.17, 15) is 32.8 Å². The Hall–Kier alpha value is -4.69. The molecule has 0 atom stereocenters. The summed E-state index contributed by atoms with van der Waals surface area (Å²) in [5, 5.41) is 33.7. The van der Waals surface area contributed by atoms with Crippen LogP contribution in [-0.4, -0.2) is 35.1 Å². The highest BCUT2D eigenvalue weighted by Gasteiger charge is 2.23. The summed E-state index contributed by atoms with van der Waals surface area (Å²) < 4.78 is 33.2. The number of carboxylic acid groups (broad SMARTS) is 2. The molecule has 0 saturated heterocycles. The normalized spacial score (nSPS) is 11.8. The minimum atomic E-state index is -4.88. The predicted molar refractivity (Wildman–Crippen MR) is 120 cm³/mol. The molecule has 3 aromatic carbocycles. The van der Waals surface area contributed by atoms with Gasteiger partial charge in [-0.2, -0.15) is 8.42 Å². The van der Waals surface area contributed by atoms with Crippen LogP contribution in [0.15, 0.2) is 79.9 Å². The van der Waals surface area contributed by atoms with Gasteiger partial charge >= 0.3 is 11.9 Å². The first-order valence-corrected chi connectivity index (χ1v) is 10.6. The van der Waals surface area contributed by atoms with E-state index in [4.69, 9.17) is 11.5 Å². The smallest absolute Gasteiger partial charge is 0.337 e. The van der Waals surface area contributed by atoms with Gasteiger partial charge in [-0.3, -0.25) is 4.55 Å². The number of hydrogen-bond donors (Lipinski definition) is 5. The van der Waals surface area contributed by atoms with Crippen molar-refractivity contribution in [2.24, 2.45) is 20.5 Å². The number of carboxylic acids is 2. The molecule has 7 N–H and O–H groups in total. The molecule has 0 aromatic heterocycles. The number of hydrogen-bond acceptors (Lipinski definition) is 10. The fourth-order valence-corrected chi connectivity index (χ4v) is 3.40. The molecular formula is C20H16N6O7S. The first-order chi connectivity index (χ1) is 16.0. The van der Waals surface area contributed by atoms with Crippen molar-refractivity contribution in [3.63, 3.8) is 0 Å². The highest BCUT2D eigenvalue weighted by atomic mass is 32.2. The highest BCUT2D eigenvalue weighted by Crippen LogP contribution is 2.43. The molecule has 174 valence electrons. The van der Waals surface area contributed by atoms with Crippen LogP contribution >= 0.6 is 0 Å². The topological polar surface area (TPSA) is 230 Å². The number of nitrogen functional groups attached to an aromatic ring is 2. The Morgan fingerprint density at radius 1 is 0.706 bits per heavy atom. The van der Waals surface area contributed by atoms with Crippen LogP contribution in [-0.2, 0) is 10.1 Å². The van der Waals surface area contributed by atoms with Crippen LogP contribution in [0.2, 0.25) is 0 Å². The van der Waals surface area contributed by atoms with Gasteiger partial charge in [0.1, 0.15) is 27.6 Å². The Balaban J connectivity index is 2.18. The lowest BCUT2D eigenvalue weighted by Gasteiger charge is -2.10. The largest absolute Gasteiger partial charge is 0.478 e. The lowest BCUT2D eigenvalue weighted by Crippen LogP contribution is -2.05. The van der Waals surface area contributed by atoms with Gasteiger partial charge in [-0.15, -0.1) is 20.5 Å². The van der Waals surface area contributed by atoms with Gasteiger partial charge in [-0.05, 0) is 30.3 Å². The van der Waals surface area contributed by atoms with Crippen LogP contribution in [0.25, 0.3) is 0 Å². The Labute approximate surface area is 191 Å². The van der Waals surface area contributed by atoms with Crippen molar-refractivity contribution in [2.45, 2.75) is 4.90 Å². The molecule has 0 aliphatic rings. The van der Waals surface area contributed by atoms with Crippen molar-refractivity contribution in [1.29, 1.82) is 0 Å². The Morgan fingerprint density at radius 3 is 1.62 bits per heavy atom. The third-order valence-corrected chi connectivity index (χ3v) is 5.28. The van der Waals surface area contributed by atoms with Crippen LogP contribution < -0.4 is 11.5 Å². The molecule has 14 heteroatoms. The molecule has 3 aromatic rings. The van der Waals surface area contributed by atoms with E-state index < -0.39 is 38.3 Å². The molecule has 0 aliphatic carbocycles. The minimum Gasteiger partial charge on any atom is -0.478 e. The van der Waals surface area contributed by atoms with Crippen molar-refractivity contribution < 1.29 is 32.8 Å². The second kappa shape index (κ2) is 9.43. The summed E-state index contributed by atoms with van der Waals surface area (Å²) in [6.07, 6.45) is 0. The molecule has 0 aliphatic heterocycles. The number of carbonyl (C=O) groups is 2. The Kier molecular flexibility index (Phi) is 6.65. The molecule has 0 bridgehead atoms. The van der Waals surface area contributed by atoms with Gasteiger partial charge in [0.2, 0.25) is 0 Å². The lowest BCUT2D eigenvalue weighted by atomic mass is 10.2. The van der Waals surface area contributed by atoms with Crippen LogP contribution in [0.1, 0.15) is 20.7 Å². The molecule has 0 amide bonds. The van der Waals surface area contributed by atoms with Crippen LogP contribution in [0.5, 0.6) is 0 Å². The van der Waals surface area contributed by atoms with E-state index in [1.165, 1.54) is 48.5 Å². The summed E-state index contributed by atoms with van der Waals surface area (Å²) in [5.41, 5.74) is 9.73. The summed E-state index contributed by atoms with van der Waals surface area (Å²) in [4.78, 5) is 21.9. The second-order valence-electron chi connectivity index (χ2n) is 6.59. The molecule has 13 nitrogen and oxygen atoms in total. The number of aromatic carboxylic acids is 2. The molecule has 0 saturated carbocycles. The van der Waals surface area contributed by atoms with E-state index in [-0.39, 0.29) is 33.9 Å². The average molecular weight is 484 g/mol. The maximum atomic E-state index is 11.8. The summed E-state index contributed by atoms with van der Waals surface area (Å²) in [7, 11) is -4.88. The zero-order valence-electron chi connectivity index (χ0n) is 17.0. The van der Waals surface area contributed by atoms with Crippen LogP contribution in [0, 0.1) is 0 Å². The molecule has 0 fully saturated rings. The fraction of sp³-hybridized carbons (Fsp3) is 0. The molecule has 0 radical (unpaired) electrons. The molecule has 0 unspecified atom stereocenters. The SMILES string of the molecule is Nc1c(/N=N/c2ccccc2C(=O)O)cc(S(=O)(=O)O)c(N)c1/N=N/c1ccccc1C(=O)O. The first-order valence-electron chi connectivity index (χ1n) is 9.18. The van der Waals surface area contributed by atoms with Gasteiger partial charge in [0, 0.05) is 0 Å². The second-order valence-corrected chi connectivity index (χ2v) is 7.98. The molecular weight excluding hydrogens is 468 g/mol. The molecule has 0 spiro atoms. The monoisotopic (exact) mass is 484 g/mol. The standard InChI is InChI=1S/C20H16N6O7S/c21-16-14(25-23-12-7-3-1-5-10(12)19(27)28)9-15(34(31,32)33)17(22)18(16)26-24-13-8-4-2-6-11(13)20(29)30/h1-9H,21-22H2,(H,27,28)(H,29,30)(H,31,32,33)/b25-23+,26-24+. The van der Waals surface area contributed by atoms with Crippen molar-refractivity contribution >= 4 is 56.2 Å². The predicted octanol–water partition coefficient (Wildman–Crippen LogP) is 4.32. The summed E-state index contributed by atoms with van der Waals surface area (Å²) in [5.74, 6) is -2.56. The number of anilines is 2. The van der Waals surface area contributed by atoms with E-state index in [0.717, 1.165) is 6.07 Å². The quantitative estimate of drug-likeness (QED) is 0.182. The maximum Gasteiger partial charge on any atom is 0.337 e. The molecule has 34 heavy (non-hydrogen) atoms. The van der Waals surface area contributed by atoms with E-state index >= 15 is 0 Å². The van der Waals surface area contributed by atoms with Gasteiger partial charge in [-0.25, -0.2) is 9.59 Å². The van der Waals surface area contributed by atoms with Crippen LogP contribution in [0.3, 0.4) is 0 Å². The summed E-state index contributed by atoms with van der Waals surface area (Å²) in [6, 6.07) is 12.0. The zero-order chi connectivity index (χ0) is 25.0.